The molecule has 0 fully saturated rings. The highest BCUT2D eigenvalue weighted by Crippen LogP contribution is 2.22. The minimum atomic E-state index is -0.381. The van der Waals surface area contributed by atoms with Crippen LogP contribution in [0.2, 0.25) is 5.15 Å². The number of nitrogens with one attached hydrogen (secondary N) is 1. The summed E-state index contributed by atoms with van der Waals surface area (Å²) in [5.41, 5.74) is 4.03. The quantitative estimate of drug-likeness (QED) is 0.494. The molecule has 1 aromatic carbocycles. The van der Waals surface area contributed by atoms with Gasteiger partial charge in [-0.1, -0.05) is 11.6 Å². The van der Waals surface area contributed by atoms with Crippen LogP contribution in [-0.2, 0) is 4.79 Å². The van der Waals surface area contributed by atoms with Crippen molar-refractivity contribution >= 4 is 40.0 Å². The van der Waals surface area contributed by atoms with Crippen LogP contribution in [0.5, 0.6) is 11.5 Å². The van der Waals surface area contributed by atoms with Gasteiger partial charge in [0, 0.05) is 11.1 Å². The van der Waals surface area contributed by atoms with Crippen LogP contribution in [0.1, 0.15) is 18.3 Å². The molecule has 3 aromatic rings. The van der Waals surface area contributed by atoms with E-state index in [0.717, 1.165) is 16.4 Å². The Labute approximate surface area is 159 Å². The summed E-state index contributed by atoms with van der Waals surface area (Å²) >= 11 is 7.60. The first-order chi connectivity index (χ1) is 12.6. The Morgan fingerprint density at radius 1 is 1.35 bits per heavy atom. The third-order valence-corrected chi connectivity index (χ3v) is 4.63. The van der Waals surface area contributed by atoms with Gasteiger partial charge in [-0.05, 0) is 38.1 Å². The van der Waals surface area contributed by atoms with Crippen molar-refractivity contribution in [3.05, 3.63) is 46.2 Å². The van der Waals surface area contributed by atoms with Crippen molar-refractivity contribution in [2.24, 2.45) is 5.10 Å². The number of rotatable bonds is 7. The molecule has 0 unspecified atom stereocenters. The average molecular weight is 393 g/mol. The normalized spacial score (nSPS) is 11.2. The summed E-state index contributed by atoms with van der Waals surface area (Å²) in [6, 6.07) is 7.04. The second-order valence-corrected chi connectivity index (χ2v) is 6.46. The summed E-state index contributed by atoms with van der Waals surface area (Å²) in [6.45, 7) is 4.30. The van der Waals surface area contributed by atoms with Crippen molar-refractivity contribution in [2.75, 3.05) is 13.2 Å². The molecule has 0 aliphatic carbocycles. The molecule has 0 radical (unpaired) electrons. The minimum absolute atomic E-state index is 0.154. The minimum Gasteiger partial charge on any atom is -0.494 e. The Balaban J connectivity index is 1.54. The molecule has 26 heavy (non-hydrogen) atoms. The number of aryl methyl sites for hydroxylation is 1. The van der Waals surface area contributed by atoms with Gasteiger partial charge < -0.3 is 9.47 Å². The molecule has 7 nitrogen and oxygen atoms in total. The summed E-state index contributed by atoms with van der Waals surface area (Å²) in [4.78, 5) is 16.9. The molecule has 2 heterocycles. The van der Waals surface area contributed by atoms with Crippen LogP contribution in [0.3, 0.4) is 0 Å². The van der Waals surface area contributed by atoms with Crippen LogP contribution in [0, 0.1) is 6.92 Å². The maximum Gasteiger partial charge on any atom is 0.277 e. The second kappa shape index (κ2) is 8.20. The molecule has 0 saturated heterocycles. The van der Waals surface area contributed by atoms with Crippen molar-refractivity contribution in [3.8, 4) is 11.5 Å². The molecule has 0 atom stereocenters. The summed E-state index contributed by atoms with van der Waals surface area (Å²) in [7, 11) is 0. The number of carbonyl (C=O) groups excluding carboxylic acids is 1. The van der Waals surface area contributed by atoms with E-state index in [1.165, 1.54) is 17.6 Å². The van der Waals surface area contributed by atoms with E-state index in [2.05, 4.69) is 15.5 Å². The van der Waals surface area contributed by atoms with Crippen molar-refractivity contribution in [3.63, 3.8) is 0 Å². The molecule has 0 aliphatic heterocycles. The van der Waals surface area contributed by atoms with Gasteiger partial charge in [0.05, 0.1) is 12.8 Å². The van der Waals surface area contributed by atoms with Gasteiger partial charge in [0.2, 0.25) is 0 Å². The van der Waals surface area contributed by atoms with Crippen LogP contribution in [0.4, 0.5) is 0 Å². The lowest BCUT2D eigenvalue weighted by Crippen LogP contribution is -2.24. The fourth-order valence-electron chi connectivity index (χ4n) is 2.25. The van der Waals surface area contributed by atoms with Gasteiger partial charge in [0.1, 0.15) is 17.2 Å². The molecule has 136 valence electrons. The zero-order valence-electron chi connectivity index (χ0n) is 14.2. The van der Waals surface area contributed by atoms with Gasteiger partial charge in [-0.15, -0.1) is 11.3 Å². The van der Waals surface area contributed by atoms with E-state index >= 15 is 0 Å². The predicted molar refractivity (Wildman–Crippen MR) is 102 cm³/mol. The molecule has 1 amide bonds. The van der Waals surface area contributed by atoms with E-state index < -0.39 is 0 Å². The molecule has 0 saturated carbocycles. The predicted octanol–water partition coefficient (Wildman–Crippen LogP) is 3.29. The van der Waals surface area contributed by atoms with Gasteiger partial charge in [-0.25, -0.2) is 10.4 Å². The number of hydrogen-bond acceptors (Lipinski definition) is 6. The zero-order chi connectivity index (χ0) is 18.5. The number of fused-ring (bicyclic) bond motifs is 1. The third kappa shape index (κ3) is 4.14. The van der Waals surface area contributed by atoms with Crippen LogP contribution >= 0.6 is 22.9 Å². The number of ether oxygens (including phenoxy) is 2. The molecule has 3 rings (SSSR count). The fourth-order valence-corrected chi connectivity index (χ4v) is 3.39. The van der Waals surface area contributed by atoms with E-state index in [4.69, 9.17) is 21.1 Å². The number of aromatic nitrogens is 2. The van der Waals surface area contributed by atoms with E-state index in [-0.39, 0.29) is 12.5 Å². The second-order valence-electron chi connectivity index (χ2n) is 5.27. The Kier molecular flexibility index (Phi) is 5.75. The molecule has 0 spiro atoms. The lowest BCUT2D eigenvalue weighted by Gasteiger charge is -2.06. The number of amides is 1. The Morgan fingerprint density at radius 2 is 2.04 bits per heavy atom. The van der Waals surface area contributed by atoms with Gasteiger partial charge in [-0.2, -0.15) is 5.10 Å². The number of thiazole rings is 1. The number of benzene rings is 1. The monoisotopic (exact) mass is 392 g/mol. The topological polar surface area (TPSA) is 77.2 Å². The summed E-state index contributed by atoms with van der Waals surface area (Å²) in [5.74, 6) is 0.942. The van der Waals surface area contributed by atoms with E-state index in [1.54, 1.807) is 24.3 Å². The van der Waals surface area contributed by atoms with Crippen LogP contribution in [-0.4, -0.2) is 34.7 Å². The van der Waals surface area contributed by atoms with Gasteiger partial charge in [-0.3, -0.25) is 9.20 Å². The number of hydrogen-bond donors (Lipinski definition) is 1. The molecule has 1 N–H and O–H groups in total. The Morgan fingerprint density at radius 3 is 2.73 bits per heavy atom. The van der Waals surface area contributed by atoms with Crippen LogP contribution in [0.15, 0.2) is 34.7 Å². The van der Waals surface area contributed by atoms with Crippen molar-refractivity contribution in [1.29, 1.82) is 0 Å². The lowest BCUT2D eigenvalue weighted by atomic mass is 10.3. The number of imidazole rings is 1. The largest absolute Gasteiger partial charge is 0.494 e. The third-order valence-electron chi connectivity index (χ3n) is 3.41. The number of carbonyl (C=O) groups is 1. The fraction of sp³-hybridized carbons (Fsp3) is 0.235. The zero-order valence-corrected chi connectivity index (χ0v) is 15.8. The smallest absolute Gasteiger partial charge is 0.277 e. The SMILES string of the molecule is CCOc1ccc(OCC(=O)N/N=C\c2c(Cl)nc3scc(C)n23)cc1. The number of halogens is 1. The molecule has 0 bridgehead atoms. The van der Waals surface area contributed by atoms with Crippen LogP contribution < -0.4 is 14.9 Å². The Hall–Kier alpha value is -2.58. The van der Waals surface area contributed by atoms with Crippen molar-refractivity contribution < 1.29 is 14.3 Å². The maximum atomic E-state index is 11.9. The van der Waals surface area contributed by atoms with Gasteiger partial charge in [0.25, 0.3) is 5.91 Å². The number of nitrogens with zero attached hydrogens (tertiary/aromatic N) is 3. The lowest BCUT2D eigenvalue weighted by molar-refractivity contribution is -0.123. The first-order valence-electron chi connectivity index (χ1n) is 7.88. The van der Waals surface area contributed by atoms with E-state index in [1.807, 2.05) is 23.6 Å². The van der Waals surface area contributed by atoms with Gasteiger partial charge >= 0.3 is 0 Å². The summed E-state index contributed by atoms with van der Waals surface area (Å²) < 4.78 is 12.6. The summed E-state index contributed by atoms with van der Waals surface area (Å²) in [6.07, 6.45) is 1.47. The standard InChI is InChI=1S/C17H17ClN4O3S/c1-3-24-12-4-6-13(7-5-12)25-9-15(23)21-19-8-14-16(18)20-17-22(14)11(2)10-26-17/h4-8,10H,3,9H2,1-2H3,(H,21,23)/b19-8-. The first kappa shape index (κ1) is 18.2. The maximum absolute atomic E-state index is 11.9. The Bertz CT molecular complexity index is 934. The van der Waals surface area contributed by atoms with E-state index in [0.29, 0.717) is 23.2 Å². The van der Waals surface area contributed by atoms with Crippen molar-refractivity contribution in [2.45, 2.75) is 13.8 Å². The average Bonchev–Trinajstić information content (AvgIpc) is 3.14. The molecular formula is C17H17ClN4O3S. The summed E-state index contributed by atoms with van der Waals surface area (Å²) in [5, 5.41) is 6.24. The highest BCUT2D eigenvalue weighted by molar-refractivity contribution is 7.15. The van der Waals surface area contributed by atoms with Crippen LogP contribution in [0.25, 0.3) is 4.96 Å². The molecule has 9 heteroatoms. The molecule has 2 aromatic heterocycles. The highest BCUT2D eigenvalue weighted by atomic mass is 35.5. The van der Waals surface area contributed by atoms with Crippen molar-refractivity contribution in [1.82, 2.24) is 14.8 Å². The first-order valence-corrected chi connectivity index (χ1v) is 9.14. The molecular weight excluding hydrogens is 376 g/mol. The number of hydrazone groups is 1. The molecule has 0 aliphatic rings. The van der Waals surface area contributed by atoms with E-state index in [9.17, 15) is 4.79 Å². The highest BCUT2D eigenvalue weighted by Gasteiger charge is 2.12. The van der Waals surface area contributed by atoms with Gasteiger partial charge in [0.15, 0.2) is 16.7 Å².